The molecule has 2 aromatic carbocycles. The maximum Gasteiger partial charge on any atom is 0.229 e. The Morgan fingerprint density at radius 3 is 2.92 bits per heavy atom. The van der Waals surface area contributed by atoms with Crippen LogP contribution in [0.5, 0.6) is 0 Å². The fourth-order valence-electron chi connectivity index (χ4n) is 3.30. The van der Waals surface area contributed by atoms with Crippen LogP contribution in [0.4, 0.5) is 5.13 Å². The summed E-state index contributed by atoms with van der Waals surface area (Å²) in [5.41, 5.74) is 5.54. The van der Waals surface area contributed by atoms with Crippen LogP contribution in [-0.4, -0.2) is 17.5 Å². The molecule has 1 atom stereocenters. The van der Waals surface area contributed by atoms with Crippen LogP contribution in [0.1, 0.15) is 29.2 Å². The minimum Gasteiger partial charge on any atom is -0.373 e. The molecular formula is C21H20N2O2S. The Kier molecular flexibility index (Phi) is 4.82. The molecule has 132 valence electrons. The van der Waals surface area contributed by atoms with Crippen LogP contribution in [0.3, 0.4) is 0 Å². The highest BCUT2D eigenvalue weighted by molar-refractivity contribution is 7.14. The van der Waals surface area contributed by atoms with Crippen molar-refractivity contribution >= 4 is 22.4 Å². The van der Waals surface area contributed by atoms with Crippen molar-refractivity contribution in [1.29, 1.82) is 0 Å². The monoisotopic (exact) mass is 364 g/mol. The first-order valence-corrected chi connectivity index (χ1v) is 9.59. The number of hydrogen-bond donors (Lipinski definition) is 1. The molecule has 1 aromatic heterocycles. The molecule has 0 fully saturated rings. The maximum atomic E-state index is 12.5. The zero-order chi connectivity index (χ0) is 17.9. The van der Waals surface area contributed by atoms with Crippen LogP contribution in [0.15, 0.2) is 53.9 Å². The average molecular weight is 364 g/mol. The molecule has 2 heterocycles. The van der Waals surface area contributed by atoms with Crippen molar-refractivity contribution in [2.24, 2.45) is 0 Å². The predicted octanol–water partition coefficient (Wildman–Crippen LogP) is 4.76. The Hall–Kier alpha value is -2.50. The lowest BCUT2D eigenvalue weighted by molar-refractivity contribution is -0.119. The van der Waals surface area contributed by atoms with Gasteiger partial charge < -0.3 is 10.1 Å². The first-order chi connectivity index (χ1) is 12.7. The highest BCUT2D eigenvalue weighted by Gasteiger charge is 2.23. The highest BCUT2D eigenvalue weighted by atomic mass is 32.1. The molecule has 4 rings (SSSR count). The number of ether oxygens (including phenoxy) is 1. The lowest BCUT2D eigenvalue weighted by Gasteiger charge is -2.25. The van der Waals surface area contributed by atoms with Crippen LogP contribution in [0.25, 0.3) is 11.3 Å². The number of rotatable bonds is 4. The predicted molar refractivity (Wildman–Crippen MR) is 104 cm³/mol. The molecule has 1 N–H and O–H groups in total. The van der Waals surface area contributed by atoms with Gasteiger partial charge in [-0.05, 0) is 30.0 Å². The first-order valence-electron chi connectivity index (χ1n) is 8.71. The number of fused-ring (bicyclic) bond motifs is 1. The number of aromatic nitrogens is 1. The quantitative estimate of drug-likeness (QED) is 0.726. The van der Waals surface area contributed by atoms with Crippen molar-refractivity contribution in [3.05, 3.63) is 70.6 Å². The molecule has 0 saturated carbocycles. The van der Waals surface area contributed by atoms with Crippen molar-refractivity contribution in [2.75, 3.05) is 11.9 Å². The van der Waals surface area contributed by atoms with Crippen LogP contribution in [0.2, 0.25) is 0 Å². The summed E-state index contributed by atoms with van der Waals surface area (Å²) in [6, 6.07) is 16.3. The molecule has 0 spiro atoms. The number of aryl methyl sites for hydroxylation is 1. The van der Waals surface area contributed by atoms with E-state index >= 15 is 0 Å². The van der Waals surface area contributed by atoms with E-state index in [2.05, 4.69) is 29.4 Å². The van der Waals surface area contributed by atoms with E-state index in [1.807, 2.05) is 41.8 Å². The number of thiazole rings is 1. The second kappa shape index (κ2) is 7.40. The van der Waals surface area contributed by atoms with E-state index in [1.54, 1.807) is 0 Å². The number of anilines is 1. The van der Waals surface area contributed by atoms with Gasteiger partial charge in [0, 0.05) is 10.9 Å². The molecule has 0 bridgehead atoms. The van der Waals surface area contributed by atoms with Crippen molar-refractivity contribution in [3.63, 3.8) is 0 Å². The Labute approximate surface area is 156 Å². The fraction of sp³-hybridized carbons (Fsp3) is 0.238. The van der Waals surface area contributed by atoms with Crippen molar-refractivity contribution in [1.82, 2.24) is 4.98 Å². The number of nitrogens with one attached hydrogen (secondary N) is 1. The van der Waals surface area contributed by atoms with E-state index in [0.717, 1.165) is 23.2 Å². The topological polar surface area (TPSA) is 51.2 Å². The summed E-state index contributed by atoms with van der Waals surface area (Å²) in [7, 11) is 0. The second-order valence-electron chi connectivity index (χ2n) is 6.41. The Morgan fingerprint density at radius 1 is 1.23 bits per heavy atom. The van der Waals surface area contributed by atoms with Crippen molar-refractivity contribution in [2.45, 2.75) is 25.9 Å². The molecule has 1 unspecified atom stereocenters. The molecule has 1 amide bonds. The lowest BCUT2D eigenvalue weighted by atomic mass is 9.96. The molecule has 5 heteroatoms. The first kappa shape index (κ1) is 16.9. The average Bonchev–Trinajstić information content (AvgIpc) is 3.10. The number of carbonyl (C=O) groups is 1. The minimum absolute atomic E-state index is 0.0719. The smallest absolute Gasteiger partial charge is 0.229 e. The summed E-state index contributed by atoms with van der Waals surface area (Å²) in [4.78, 5) is 17.0. The van der Waals surface area contributed by atoms with Gasteiger partial charge >= 0.3 is 0 Å². The van der Waals surface area contributed by atoms with Gasteiger partial charge in [0.1, 0.15) is 0 Å². The Morgan fingerprint density at radius 2 is 2.04 bits per heavy atom. The van der Waals surface area contributed by atoms with Gasteiger partial charge in [-0.15, -0.1) is 11.3 Å². The highest BCUT2D eigenvalue weighted by Crippen LogP contribution is 2.31. The zero-order valence-corrected chi connectivity index (χ0v) is 15.4. The van der Waals surface area contributed by atoms with Crippen LogP contribution < -0.4 is 5.32 Å². The Balaban J connectivity index is 1.44. The van der Waals surface area contributed by atoms with E-state index in [-0.39, 0.29) is 12.0 Å². The van der Waals surface area contributed by atoms with Gasteiger partial charge in [-0.3, -0.25) is 4.79 Å². The van der Waals surface area contributed by atoms with E-state index in [4.69, 9.17) is 4.74 Å². The molecule has 26 heavy (non-hydrogen) atoms. The molecule has 0 saturated heterocycles. The summed E-state index contributed by atoms with van der Waals surface area (Å²) >= 11 is 1.45. The summed E-state index contributed by atoms with van der Waals surface area (Å²) in [5.74, 6) is -0.0719. The lowest BCUT2D eigenvalue weighted by Crippen LogP contribution is -2.22. The van der Waals surface area contributed by atoms with Crippen LogP contribution >= 0.6 is 11.3 Å². The number of carbonyl (C=O) groups excluding carboxylic acids is 1. The summed E-state index contributed by atoms with van der Waals surface area (Å²) in [6.07, 6.45) is 1.02. The van der Waals surface area contributed by atoms with Crippen LogP contribution in [-0.2, 0) is 16.0 Å². The van der Waals surface area contributed by atoms with Crippen LogP contribution in [0, 0.1) is 6.92 Å². The number of amides is 1. The largest absolute Gasteiger partial charge is 0.373 e. The van der Waals surface area contributed by atoms with E-state index in [9.17, 15) is 4.79 Å². The molecule has 4 nitrogen and oxygen atoms in total. The molecule has 1 aliphatic heterocycles. The van der Waals surface area contributed by atoms with Gasteiger partial charge in [0.25, 0.3) is 0 Å². The van der Waals surface area contributed by atoms with Gasteiger partial charge in [-0.2, -0.15) is 0 Å². The van der Waals surface area contributed by atoms with Gasteiger partial charge in [-0.1, -0.05) is 48.5 Å². The summed E-state index contributed by atoms with van der Waals surface area (Å²) in [5, 5.41) is 5.52. The number of hydrogen-bond acceptors (Lipinski definition) is 4. The minimum atomic E-state index is -0.184. The fourth-order valence-corrected chi connectivity index (χ4v) is 4.03. The van der Waals surface area contributed by atoms with Gasteiger partial charge in [-0.25, -0.2) is 4.98 Å². The number of nitrogens with zero attached hydrogens (tertiary/aromatic N) is 1. The number of benzene rings is 2. The van der Waals surface area contributed by atoms with Gasteiger partial charge in [0.05, 0.1) is 24.8 Å². The van der Waals surface area contributed by atoms with E-state index in [1.165, 1.54) is 22.5 Å². The SMILES string of the molecule is Cc1ccccc1-c1csc(NC(=O)CC2OCCc3ccccc32)n1. The third kappa shape index (κ3) is 3.54. The van der Waals surface area contributed by atoms with Gasteiger partial charge in [0.15, 0.2) is 5.13 Å². The second-order valence-corrected chi connectivity index (χ2v) is 7.27. The van der Waals surface area contributed by atoms with Gasteiger partial charge in [0.2, 0.25) is 5.91 Å². The molecule has 0 aliphatic carbocycles. The third-order valence-corrected chi connectivity index (χ3v) is 5.39. The standard InChI is InChI=1S/C21H20N2O2S/c1-14-6-2-4-8-16(14)18-13-26-21(22-18)23-20(24)12-19-17-9-5-3-7-15(17)10-11-25-19/h2-9,13,19H,10-12H2,1H3,(H,22,23,24). The summed E-state index contributed by atoms with van der Waals surface area (Å²) in [6.45, 7) is 2.72. The normalized spacial score (nSPS) is 16.1. The van der Waals surface area contributed by atoms with Crippen molar-refractivity contribution in [3.8, 4) is 11.3 Å². The maximum absolute atomic E-state index is 12.5. The third-order valence-electron chi connectivity index (χ3n) is 4.63. The summed E-state index contributed by atoms with van der Waals surface area (Å²) < 4.78 is 5.83. The molecular weight excluding hydrogens is 344 g/mol. The Bertz CT molecular complexity index is 935. The van der Waals surface area contributed by atoms with E-state index in [0.29, 0.717) is 18.2 Å². The molecule has 0 radical (unpaired) electrons. The zero-order valence-electron chi connectivity index (χ0n) is 14.6. The van der Waals surface area contributed by atoms with Crippen molar-refractivity contribution < 1.29 is 9.53 Å². The molecule has 3 aromatic rings. The molecule has 1 aliphatic rings. The van der Waals surface area contributed by atoms with E-state index < -0.39 is 0 Å².